The quantitative estimate of drug-likeness (QED) is 0.762. The lowest BCUT2D eigenvalue weighted by Gasteiger charge is -2.14. The van der Waals surface area contributed by atoms with Gasteiger partial charge in [0.2, 0.25) is 0 Å². The van der Waals surface area contributed by atoms with E-state index >= 15 is 0 Å². The van der Waals surface area contributed by atoms with Crippen molar-refractivity contribution in [3.63, 3.8) is 0 Å². The number of anilines is 1. The van der Waals surface area contributed by atoms with Gasteiger partial charge >= 0.3 is 0 Å². The standard InChI is InChI=1S/C19H15F3N2O2/c1-2-7-24-17(9-11-8-12(20)3-5-14(11)19(24)26)18(25)23-16-6-4-13(21)10-15(16)22/h3-6,8-10H,2,7H2,1H3,(H,23,25). The summed E-state index contributed by atoms with van der Waals surface area (Å²) in [5, 5.41) is 2.88. The van der Waals surface area contributed by atoms with Crippen LogP contribution in [-0.4, -0.2) is 10.5 Å². The van der Waals surface area contributed by atoms with Crippen LogP contribution in [0.1, 0.15) is 23.8 Å². The van der Waals surface area contributed by atoms with Gasteiger partial charge in [-0.25, -0.2) is 13.2 Å². The number of rotatable bonds is 4. The van der Waals surface area contributed by atoms with Gasteiger partial charge in [-0.3, -0.25) is 9.59 Å². The summed E-state index contributed by atoms with van der Waals surface area (Å²) in [7, 11) is 0. The summed E-state index contributed by atoms with van der Waals surface area (Å²) in [6.45, 7) is 2.10. The smallest absolute Gasteiger partial charge is 0.272 e. The van der Waals surface area contributed by atoms with Crippen LogP contribution in [0.5, 0.6) is 0 Å². The van der Waals surface area contributed by atoms with Gasteiger partial charge < -0.3 is 9.88 Å². The highest BCUT2D eigenvalue weighted by Gasteiger charge is 2.17. The normalized spacial score (nSPS) is 10.9. The molecule has 0 saturated carbocycles. The number of amides is 1. The molecule has 1 aromatic heterocycles. The predicted octanol–water partition coefficient (Wildman–Crippen LogP) is 4.08. The van der Waals surface area contributed by atoms with Gasteiger partial charge in [-0.15, -0.1) is 0 Å². The summed E-state index contributed by atoms with van der Waals surface area (Å²) in [4.78, 5) is 25.3. The minimum absolute atomic E-state index is 0.0290. The lowest BCUT2D eigenvalue weighted by atomic mass is 10.1. The molecule has 4 nitrogen and oxygen atoms in total. The Kier molecular flexibility index (Phi) is 4.79. The van der Waals surface area contributed by atoms with Crippen molar-refractivity contribution < 1.29 is 18.0 Å². The highest BCUT2D eigenvalue weighted by atomic mass is 19.1. The van der Waals surface area contributed by atoms with E-state index in [0.717, 1.165) is 18.2 Å². The Morgan fingerprint density at radius 3 is 2.42 bits per heavy atom. The van der Waals surface area contributed by atoms with Crippen LogP contribution in [0, 0.1) is 17.5 Å². The molecule has 26 heavy (non-hydrogen) atoms. The second kappa shape index (κ2) is 7.03. The fourth-order valence-electron chi connectivity index (χ4n) is 2.74. The van der Waals surface area contributed by atoms with E-state index in [0.29, 0.717) is 12.5 Å². The fraction of sp³-hybridized carbons (Fsp3) is 0.158. The molecule has 0 aliphatic heterocycles. The predicted molar refractivity (Wildman–Crippen MR) is 92.8 cm³/mol. The van der Waals surface area contributed by atoms with Crippen LogP contribution >= 0.6 is 0 Å². The second-order valence-corrected chi connectivity index (χ2v) is 5.80. The first-order valence-corrected chi connectivity index (χ1v) is 8.00. The number of carbonyl (C=O) groups is 1. The average Bonchev–Trinajstić information content (AvgIpc) is 2.59. The van der Waals surface area contributed by atoms with Gasteiger partial charge in [-0.2, -0.15) is 0 Å². The Balaban J connectivity index is 2.11. The minimum Gasteiger partial charge on any atom is -0.318 e. The van der Waals surface area contributed by atoms with E-state index in [-0.39, 0.29) is 28.7 Å². The molecule has 1 heterocycles. The highest BCUT2D eigenvalue weighted by molar-refractivity contribution is 6.05. The van der Waals surface area contributed by atoms with E-state index in [1.165, 1.54) is 22.8 Å². The van der Waals surface area contributed by atoms with E-state index < -0.39 is 28.9 Å². The van der Waals surface area contributed by atoms with Crippen molar-refractivity contribution in [2.45, 2.75) is 19.9 Å². The van der Waals surface area contributed by atoms with Crippen LogP contribution in [0.3, 0.4) is 0 Å². The van der Waals surface area contributed by atoms with Gasteiger partial charge in [0, 0.05) is 18.0 Å². The number of hydrogen-bond acceptors (Lipinski definition) is 2. The molecule has 1 amide bonds. The summed E-state index contributed by atoms with van der Waals surface area (Å²) < 4.78 is 41.5. The number of pyridine rings is 1. The van der Waals surface area contributed by atoms with Crippen LogP contribution < -0.4 is 10.9 Å². The van der Waals surface area contributed by atoms with E-state index in [2.05, 4.69) is 5.32 Å². The Morgan fingerprint density at radius 1 is 1.04 bits per heavy atom. The lowest BCUT2D eigenvalue weighted by molar-refractivity contribution is 0.101. The van der Waals surface area contributed by atoms with E-state index in [1.807, 2.05) is 6.92 Å². The monoisotopic (exact) mass is 360 g/mol. The Bertz CT molecular complexity index is 1060. The summed E-state index contributed by atoms with van der Waals surface area (Å²) in [6, 6.07) is 7.81. The first kappa shape index (κ1) is 17.7. The van der Waals surface area contributed by atoms with Crippen LogP contribution in [0.25, 0.3) is 10.8 Å². The molecule has 0 saturated heterocycles. The molecule has 0 atom stereocenters. The molecule has 0 fully saturated rings. The molecule has 1 N–H and O–H groups in total. The minimum atomic E-state index is -0.936. The summed E-state index contributed by atoms with van der Waals surface area (Å²) in [5.74, 6) is -2.99. The Morgan fingerprint density at radius 2 is 1.73 bits per heavy atom. The number of nitrogens with one attached hydrogen (secondary N) is 1. The Hall–Kier alpha value is -3.09. The zero-order chi connectivity index (χ0) is 18.8. The van der Waals surface area contributed by atoms with Crippen LogP contribution in [0.2, 0.25) is 0 Å². The highest BCUT2D eigenvalue weighted by Crippen LogP contribution is 2.18. The van der Waals surface area contributed by atoms with Crippen molar-refractivity contribution in [3.8, 4) is 0 Å². The number of hydrogen-bond donors (Lipinski definition) is 1. The largest absolute Gasteiger partial charge is 0.318 e. The number of fused-ring (bicyclic) bond motifs is 1. The third-order valence-corrected chi connectivity index (χ3v) is 3.93. The third-order valence-electron chi connectivity index (χ3n) is 3.93. The number of carbonyl (C=O) groups excluding carboxylic acids is 1. The van der Waals surface area contributed by atoms with E-state index in [4.69, 9.17) is 0 Å². The molecule has 0 bridgehead atoms. The summed E-state index contributed by atoms with van der Waals surface area (Å²) >= 11 is 0. The maximum Gasteiger partial charge on any atom is 0.272 e. The number of aromatic nitrogens is 1. The zero-order valence-corrected chi connectivity index (χ0v) is 13.9. The van der Waals surface area contributed by atoms with Gasteiger partial charge in [0.15, 0.2) is 0 Å². The van der Waals surface area contributed by atoms with Gasteiger partial charge in [0.25, 0.3) is 11.5 Å². The molecule has 0 radical (unpaired) electrons. The maximum absolute atomic E-state index is 13.8. The number of nitrogens with zero attached hydrogens (tertiary/aromatic N) is 1. The van der Waals surface area contributed by atoms with Crippen LogP contribution in [-0.2, 0) is 6.54 Å². The van der Waals surface area contributed by atoms with Gasteiger partial charge in [-0.1, -0.05) is 6.92 Å². The van der Waals surface area contributed by atoms with Crippen LogP contribution in [0.4, 0.5) is 18.9 Å². The van der Waals surface area contributed by atoms with E-state index in [1.54, 1.807) is 0 Å². The van der Waals surface area contributed by atoms with Gasteiger partial charge in [0.05, 0.1) is 5.69 Å². The van der Waals surface area contributed by atoms with Crippen molar-refractivity contribution in [1.82, 2.24) is 4.57 Å². The van der Waals surface area contributed by atoms with Crippen molar-refractivity contribution in [1.29, 1.82) is 0 Å². The van der Waals surface area contributed by atoms with E-state index in [9.17, 15) is 22.8 Å². The average molecular weight is 360 g/mol. The molecule has 3 aromatic rings. The van der Waals surface area contributed by atoms with Crippen molar-refractivity contribution in [2.75, 3.05) is 5.32 Å². The van der Waals surface area contributed by atoms with Crippen molar-refractivity contribution in [2.24, 2.45) is 0 Å². The number of halogens is 3. The topological polar surface area (TPSA) is 51.1 Å². The Labute approximate surface area is 146 Å². The first-order valence-electron chi connectivity index (χ1n) is 8.00. The van der Waals surface area contributed by atoms with Crippen LogP contribution in [0.15, 0.2) is 47.3 Å². The molecule has 0 aliphatic carbocycles. The molecule has 7 heteroatoms. The fourth-order valence-corrected chi connectivity index (χ4v) is 2.74. The molecular weight excluding hydrogens is 345 g/mol. The molecule has 0 unspecified atom stereocenters. The second-order valence-electron chi connectivity index (χ2n) is 5.80. The first-order chi connectivity index (χ1) is 12.4. The molecule has 2 aromatic carbocycles. The van der Waals surface area contributed by atoms with Gasteiger partial charge in [-0.05, 0) is 48.2 Å². The van der Waals surface area contributed by atoms with Gasteiger partial charge in [0.1, 0.15) is 23.1 Å². The summed E-state index contributed by atoms with van der Waals surface area (Å²) in [5.41, 5.74) is -0.681. The van der Waals surface area contributed by atoms with Crippen molar-refractivity contribution >= 4 is 22.4 Å². The summed E-state index contributed by atoms with van der Waals surface area (Å²) in [6.07, 6.45) is 0.581. The number of benzene rings is 2. The molecule has 3 rings (SSSR count). The molecule has 0 spiro atoms. The molecular formula is C19H15F3N2O2. The maximum atomic E-state index is 13.8. The third kappa shape index (κ3) is 3.33. The zero-order valence-electron chi connectivity index (χ0n) is 13.9. The lowest BCUT2D eigenvalue weighted by Crippen LogP contribution is -2.29. The molecule has 0 aliphatic rings. The van der Waals surface area contributed by atoms with Crippen molar-refractivity contribution in [3.05, 3.63) is 76.0 Å². The SMILES string of the molecule is CCCn1c(C(=O)Nc2ccc(F)cc2F)cc2cc(F)ccc2c1=O. The molecule has 134 valence electrons.